The van der Waals surface area contributed by atoms with Gasteiger partial charge in [0.1, 0.15) is 5.52 Å². The number of amides is 1. The van der Waals surface area contributed by atoms with Crippen molar-refractivity contribution in [1.29, 1.82) is 0 Å². The van der Waals surface area contributed by atoms with Crippen molar-refractivity contribution in [1.82, 2.24) is 34.5 Å². The number of fused-ring (bicyclic) bond motifs is 1. The van der Waals surface area contributed by atoms with Crippen molar-refractivity contribution >= 4 is 22.8 Å². The van der Waals surface area contributed by atoms with E-state index in [1.165, 1.54) is 0 Å². The zero-order chi connectivity index (χ0) is 25.5. The molecule has 0 saturated carbocycles. The van der Waals surface area contributed by atoms with Gasteiger partial charge >= 0.3 is 0 Å². The molecule has 37 heavy (non-hydrogen) atoms. The van der Waals surface area contributed by atoms with Crippen LogP contribution in [0, 0.1) is 13.8 Å². The van der Waals surface area contributed by atoms with Crippen LogP contribution in [0.25, 0.3) is 22.4 Å². The lowest BCUT2D eigenvalue weighted by Crippen LogP contribution is -2.50. The number of aromatic amines is 1. The Morgan fingerprint density at radius 3 is 2.30 bits per heavy atom. The van der Waals surface area contributed by atoms with Crippen molar-refractivity contribution in [3.8, 4) is 11.3 Å². The van der Waals surface area contributed by atoms with Crippen molar-refractivity contribution < 1.29 is 14.3 Å². The molecule has 6 heterocycles. The summed E-state index contributed by atoms with van der Waals surface area (Å²) in [7, 11) is 1.92. The number of carbonyl (C=O) groups is 1. The van der Waals surface area contributed by atoms with Gasteiger partial charge in [0, 0.05) is 69.7 Å². The fraction of sp³-hybridized carbons (Fsp3) is 0.615. The van der Waals surface area contributed by atoms with Gasteiger partial charge in [-0.2, -0.15) is 5.10 Å². The van der Waals surface area contributed by atoms with E-state index in [1.807, 2.05) is 29.7 Å². The highest BCUT2D eigenvalue weighted by Gasteiger charge is 2.31. The first-order valence-corrected chi connectivity index (χ1v) is 13.3. The summed E-state index contributed by atoms with van der Waals surface area (Å²) in [5.41, 5.74) is 6.23. The van der Waals surface area contributed by atoms with Crippen LogP contribution in [0.5, 0.6) is 0 Å². The van der Waals surface area contributed by atoms with Crippen LogP contribution >= 0.6 is 0 Å². The van der Waals surface area contributed by atoms with Gasteiger partial charge in [0.2, 0.25) is 0 Å². The van der Waals surface area contributed by atoms with E-state index in [4.69, 9.17) is 19.4 Å². The SMILES string of the molecule is Cc1nn(C)cc1-c1nc2[nH]c(C(=O)N3CCC(N4CCOCC4)CC3)nc2c(N2CCOCC2)c1C. The maximum atomic E-state index is 13.6. The van der Waals surface area contributed by atoms with Crippen molar-refractivity contribution in [3.63, 3.8) is 0 Å². The number of nitrogens with zero attached hydrogens (tertiary/aromatic N) is 7. The van der Waals surface area contributed by atoms with Gasteiger partial charge in [0.15, 0.2) is 11.5 Å². The van der Waals surface area contributed by atoms with Gasteiger partial charge in [-0.15, -0.1) is 0 Å². The molecule has 3 aromatic rings. The number of rotatable bonds is 4. The summed E-state index contributed by atoms with van der Waals surface area (Å²) in [5, 5.41) is 4.53. The topological polar surface area (TPSA) is 105 Å². The molecule has 0 bridgehead atoms. The number of ether oxygens (including phenoxy) is 2. The maximum absolute atomic E-state index is 13.6. The Labute approximate surface area is 216 Å². The molecule has 3 saturated heterocycles. The number of anilines is 1. The van der Waals surface area contributed by atoms with E-state index in [9.17, 15) is 4.79 Å². The second-order valence-electron chi connectivity index (χ2n) is 10.3. The highest BCUT2D eigenvalue weighted by atomic mass is 16.5. The normalized spacial score (nSPS) is 20.2. The number of carbonyl (C=O) groups excluding carboxylic acids is 1. The lowest BCUT2D eigenvalue weighted by Gasteiger charge is -2.39. The number of H-pyrrole nitrogens is 1. The fourth-order valence-corrected chi connectivity index (χ4v) is 5.99. The zero-order valence-corrected chi connectivity index (χ0v) is 22.0. The summed E-state index contributed by atoms with van der Waals surface area (Å²) >= 11 is 0. The number of aromatic nitrogens is 5. The van der Waals surface area contributed by atoms with Crippen LogP contribution in [0.4, 0.5) is 5.69 Å². The molecule has 0 spiro atoms. The van der Waals surface area contributed by atoms with Crippen LogP contribution in [0.15, 0.2) is 6.20 Å². The number of imidazole rings is 1. The predicted octanol–water partition coefficient (Wildman–Crippen LogP) is 1.75. The molecule has 11 nitrogen and oxygen atoms in total. The first-order valence-electron chi connectivity index (χ1n) is 13.3. The van der Waals surface area contributed by atoms with E-state index in [0.717, 1.165) is 99.0 Å². The Balaban J connectivity index is 1.32. The van der Waals surface area contributed by atoms with Crippen LogP contribution in [-0.2, 0) is 16.5 Å². The summed E-state index contributed by atoms with van der Waals surface area (Å²) in [6.07, 6.45) is 3.96. The Morgan fingerprint density at radius 2 is 1.65 bits per heavy atom. The number of aryl methyl sites for hydroxylation is 2. The quantitative estimate of drug-likeness (QED) is 0.569. The molecule has 0 aromatic carbocycles. The molecule has 0 aliphatic carbocycles. The zero-order valence-electron chi connectivity index (χ0n) is 22.0. The third kappa shape index (κ3) is 4.60. The Kier molecular flexibility index (Phi) is 6.60. The van der Waals surface area contributed by atoms with Crippen LogP contribution < -0.4 is 4.90 Å². The highest BCUT2D eigenvalue weighted by Crippen LogP contribution is 2.36. The number of likely N-dealkylation sites (tertiary alicyclic amines) is 1. The molecule has 3 aliphatic rings. The summed E-state index contributed by atoms with van der Waals surface area (Å²) in [4.78, 5) is 33.4. The maximum Gasteiger partial charge on any atom is 0.289 e. The lowest BCUT2D eigenvalue weighted by atomic mass is 10.0. The van der Waals surface area contributed by atoms with Gasteiger partial charge in [-0.05, 0) is 26.7 Å². The Hall–Kier alpha value is -3.02. The molecular formula is C26H36N8O3. The van der Waals surface area contributed by atoms with E-state index in [-0.39, 0.29) is 5.91 Å². The van der Waals surface area contributed by atoms with Gasteiger partial charge < -0.3 is 24.3 Å². The van der Waals surface area contributed by atoms with E-state index in [0.29, 0.717) is 30.7 Å². The van der Waals surface area contributed by atoms with Crippen LogP contribution in [-0.4, -0.2) is 112 Å². The third-order valence-corrected chi connectivity index (χ3v) is 7.96. The largest absolute Gasteiger partial charge is 0.379 e. The number of hydrogen-bond donors (Lipinski definition) is 1. The van der Waals surface area contributed by atoms with Crippen LogP contribution in [0.3, 0.4) is 0 Å². The summed E-state index contributed by atoms with van der Waals surface area (Å²) < 4.78 is 12.9. The third-order valence-electron chi connectivity index (χ3n) is 7.96. The molecule has 0 radical (unpaired) electrons. The molecule has 0 unspecified atom stereocenters. The summed E-state index contributed by atoms with van der Waals surface area (Å²) in [6, 6.07) is 0.520. The van der Waals surface area contributed by atoms with Crippen LogP contribution in [0.1, 0.15) is 34.7 Å². The van der Waals surface area contributed by atoms with E-state index >= 15 is 0 Å². The molecule has 1 N–H and O–H groups in total. The minimum Gasteiger partial charge on any atom is -0.379 e. The molecule has 6 rings (SSSR count). The average molecular weight is 509 g/mol. The van der Waals surface area contributed by atoms with E-state index < -0.39 is 0 Å². The van der Waals surface area contributed by atoms with Gasteiger partial charge in [0.25, 0.3) is 5.91 Å². The van der Waals surface area contributed by atoms with E-state index in [2.05, 4.69) is 26.8 Å². The van der Waals surface area contributed by atoms with Crippen molar-refractivity contribution in [2.75, 3.05) is 70.6 Å². The van der Waals surface area contributed by atoms with Crippen molar-refractivity contribution in [2.45, 2.75) is 32.7 Å². The predicted molar refractivity (Wildman–Crippen MR) is 140 cm³/mol. The second kappa shape index (κ2) is 10.0. The van der Waals surface area contributed by atoms with Gasteiger partial charge in [-0.3, -0.25) is 14.4 Å². The number of pyridine rings is 1. The monoisotopic (exact) mass is 508 g/mol. The molecule has 1 amide bonds. The first kappa shape index (κ1) is 24.3. The van der Waals surface area contributed by atoms with Crippen molar-refractivity contribution in [3.05, 3.63) is 23.3 Å². The molecule has 0 atom stereocenters. The number of nitrogens with one attached hydrogen (secondary N) is 1. The first-order chi connectivity index (χ1) is 18.0. The standard InChI is InChI=1S/C26H36N8O3/c1-17-21(20-16-31(3)30-18(20)2)27-24-22(23(17)33-10-14-37-15-11-33)28-25(29-24)26(35)34-6-4-19(5-7-34)32-8-12-36-13-9-32/h16,19H,4-15H2,1-3H3,(H,27,28,29). The van der Waals surface area contributed by atoms with Gasteiger partial charge in [-0.25, -0.2) is 9.97 Å². The fourth-order valence-electron chi connectivity index (χ4n) is 5.99. The van der Waals surface area contributed by atoms with Crippen LogP contribution in [0.2, 0.25) is 0 Å². The Bertz CT molecular complexity index is 1280. The van der Waals surface area contributed by atoms with Gasteiger partial charge in [-0.1, -0.05) is 0 Å². The number of morpholine rings is 2. The highest BCUT2D eigenvalue weighted by molar-refractivity contribution is 5.98. The van der Waals surface area contributed by atoms with Crippen molar-refractivity contribution in [2.24, 2.45) is 7.05 Å². The smallest absolute Gasteiger partial charge is 0.289 e. The molecule has 3 aliphatic heterocycles. The van der Waals surface area contributed by atoms with Gasteiger partial charge in [0.05, 0.1) is 43.5 Å². The molecule has 3 fully saturated rings. The summed E-state index contributed by atoms with van der Waals surface area (Å²) in [6.45, 7) is 12.0. The second-order valence-corrected chi connectivity index (χ2v) is 10.3. The lowest BCUT2D eigenvalue weighted by molar-refractivity contribution is 0.00147. The molecular weight excluding hydrogens is 472 g/mol. The molecule has 3 aromatic heterocycles. The van der Waals surface area contributed by atoms with E-state index in [1.54, 1.807) is 0 Å². The average Bonchev–Trinajstić information content (AvgIpc) is 3.50. The number of hydrogen-bond acceptors (Lipinski definition) is 8. The minimum atomic E-state index is -0.0527. The molecule has 11 heteroatoms. The molecule has 198 valence electrons. The number of piperidine rings is 1. The summed E-state index contributed by atoms with van der Waals surface area (Å²) in [5.74, 6) is 0.310. The Morgan fingerprint density at radius 1 is 0.973 bits per heavy atom. The minimum absolute atomic E-state index is 0.0527.